The van der Waals surface area contributed by atoms with Crippen LogP contribution in [0.1, 0.15) is 5.56 Å². The maximum Gasteiger partial charge on any atom is 0.0991 e. The first-order valence-corrected chi connectivity index (χ1v) is 3.47. The average Bonchev–Trinajstić information content (AvgIpc) is 2.05. The number of hydrogen-bond acceptors (Lipinski definition) is 2. The molecule has 0 saturated carbocycles. The van der Waals surface area contributed by atoms with Gasteiger partial charge in [0.2, 0.25) is 0 Å². The predicted molar refractivity (Wildman–Crippen MR) is 45.4 cm³/mol. The van der Waals surface area contributed by atoms with Gasteiger partial charge in [0.05, 0.1) is 17.3 Å². The van der Waals surface area contributed by atoms with Crippen LogP contribution >= 0.6 is 11.8 Å². The Morgan fingerprint density at radius 3 is 2.27 bits per heavy atom. The van der Waals surface area contributed by atoms with Crippen molar-refractivity contribution in [3.8, 4) is 6.07 Å². The van der Waals surface area contributed by atoms with Crippen molar-refractivity contribution in [2.24, 2.45) is 0 Å². The minimum atomic E-state index is 0.646. The summed E-state index contributed by atoms with van der Waals surface area (Å²) in [4.78, 5) is 0. The maximum atomic E-state index is 8.47. The maximum absolute atomic E-state index is 8.47. The number of halogens is 1. The third-order valence-corrected chi connectivity index (χ3v) is 1.55. The van der Waals surface area contributed by atoms with Crippen LogP contribution in [0.25, 0.3) is 0 Å². The largest absolute Gasteiger partial charge is 0.288 e. The molecule has 0 saturated heterocycles. The lowest BCUT2D eigenvalue weighted by atomic mass is 10.2. The van der Waals surface area contributed by atoms with Gasteiger partial charge in [-0.25, -0.2) is 0 Å². The lowest BCUT2D eigenvalue weighted by Gasteiger charge is -2.07. The fourth-order valence-electron chi connectivity index (χ4n) is 0.741. The summed E-state index contributed by atoms with van der Waals surface area (Å²) >= 11 is 5.65. The SMILES string of the molecule is CN(Cl)c1ccc(C#N)cc1. The van der Waals surface area contributed by atoms with E-state index >= 15 is 0 Å². The molecule has 56 valence electrons. The van der Waals surface area contributed by atoms with Crippen LogP contribution in [-0.4, -0.2) is 7.05 Å². The molecule has 0 aliphatic carbocycles. The highest BCUT2D eigenvalue weighted by molar-refractivity contribution is 6.25. The van der Waals surface area contributed by atoms with E-state index in [9.17, 15) is 0 Å². The zero-order valence-corrected chi connectivity index (χ0v) is 6.84. The first-order valence-electron chi connectivity index (χ1n) is 3.13. The lowest BCUT2D eigenvalue weighted by Crippen LogP contribution is -1.99. The van der Waals surface area contributed by atoms with E-state index in [2.05, 4.69) is 0 Å². The van der Waals surface area contributed by atoms with E-state index in [0.717, 1.165) is 5.69 Å². The minimum Gasteiger partial charge on any atom is -0.288 e. The number of benzene rings is 1. The first kappa shape index (κ1) is 7.90. The molecule has 0 heterocycles. The van der Waals surface area contributed by atoms with E-state index in [1.54, 1.807) is 31.3 Å². The van der Waals surface area contributed by atoms with Crippen molar-refractivity contribution in [3.63, 3.8) is 0 Å². The molecule has 0 amide bonds. The zero-order valence-electron chi connectivity index (χ0n) is 6.08. The zero-order chi connectivity index (χ0) is 8.27. The van der Waals surface area contributed by atoms with Gasteiger partial charge < -0.3 is 0 Å². The summed E-state index contributed by atoms with van der Waals surface area (Å²) in [6.45, 7) is 0. The Morgan fingerprint density at radius 1 is 1.36 bits per heavy atom. The van der Waals surface area contributed by atoms with Crippen molar-refractivity contribution in [2.45, 2.75) is 0 Å². The number of nitrogens with zero attached hydrogens (tertiary/aromatic N) is 2. The molecule has 0 aliphatic heterocycles. The molecule has 0 atom stereocenters. The fraction of sp³-hybridized carbons (Fsp3) is 0.125. The van der Waals surface area contributed by atoms with E-state index in [4.69, 9.17) is 17.0 Å². The number of nitriles is 1. The molecule has 0 aliphatic rings. The molecule has 0 N–H and O–H groups in total. The summed E-state index contributed by atoms with van der Waals surface area (Å²) < 4.78 is 1.47. The van der Waals surface area contributed by atoms with Gasteiger partial charge >= 0.3 is 0 Å². The predicted octanol–water partition coefficient (Wildman–Crippen LogP) is 2.15. The quantitative estimate of drug-likeness (QED) is 0.598. The summed E-state index contributed by atoms with van der Waals surface area (Å²) in [6.07, 6.45) is 0. The molecule has 0 radical (unpaired) electrons. The Bertz CT molecular complexity index is 271. The molecule has 0 fully saturated rings. The highest BCUT2D eigenvalue weighted by Crippen LogP contribution is 2.14. The van der Waals surface area contributed by atoms with Crippen LogP contribution in [0, 0.1) is 11.3 Å². The van der Waals surface area contributed by atoms with Crippen molar-refractivity contribution in [1.29, 1.82) is 5.26 Å². The molecule has 0 spiro atoms. The van der Waals surface area contributed by atoms with Crippen LogP contribution < -0.4 is 4.42 Å². The van der Waals surface area contributed by atoms with E-state index in [1.165, 1.54) is 4.42 Å². The van der Waals surface area contributed by atoms with Gasteiger partial charge in [0.15, 0.2) is 0 Å². The summed E-state index contributed by atoms with van der Waals surface area (Å²) in [5, 5.41) is 8.47. The molecular formula is C8H7ClN2. The van der Waals surface area contributed by atoms with Gasteiger partial charge in [0, 0.05) is 18.8 Å². The van der Waals surface area contributed by atoms with Crippen LogP contribution in [0.3, 0.4) is 0 Å². The highest BCUT2D eigenvalue weighted by atomic mass is 35.5. The van der Waals surface area contributed by atoms with Crippen molar-refractivity contribution < 1.29 is 0 Å². The van der Waals surface area contributed by atoms with Gasteiger partial charge in [0.1, 0.15) is 0 Å². The Morgan fingerprint density at radius 2 is 1.91 bits per heavy atom. The molecule has 0 bridgehead atoms. The third-order valence-electron chi connectivity index (χ3n) is 1.35. The molecule has 1 rings (SSSR count). The molecule has 1 aromatic rings. The second-order valence-electron chi connectivity index (χ2n) is 2.14. The summed E-state index contributed by atoms with van der Waals surface area (Å²) in [7, 11) is 1.74. The van der Waals surface area contributed by atoms with Crippen LogP contribution in [0.15, 0.2) is 24.3 Å². The number of hydrogen-bond donors (Lipinski definition) is 0. The van der Waals surface area contributed by atoms with Crippen LogP contribution in [0.5, 0.6) is 0 Å². The van der Waals surface area contributed by atoms with E-state index in [0.29, 0.717) is 5.56 Å². The third kappa shape index (κ3) is 1.86. The summed E-state index contributed by atoms with van der Waals surface area (Å²) in [6, 6.07) is 9.09. The standard InChI is InChI=1S/C8H7ClN2/c1-11(9)8-4-2-7(6-10)3-5-8/h2-5H,1H3. The Labute approximate surface area is 70.7 Å². The Kier molecular flexibility index (Phi) is 2.35. The molecule has 2 nitrogen and oxygen atoms in total. The van der Waals surface area contributed by atoms with Crippen molar-refractivity contribution >= 4 is 17.5 Å². The molecule has 3 heteroatoms. The molecule has 0 unspecified atom stereocenters. The van der Waals surface area contributed by atoms with Crippen LogP contribution in [0.4, 0.5) is 5.69 Å². The topological polar surface area (TPSA) is 27.0 Å². The molecule has 1 aromatic carbocycles. The Balaban J connectivity index is 2.94. The lowest BCUT2D eigenvalue weighted by molar-refractivity contribution is 1.34. The second-order valence-corrected chi connectivity index (χ2v) is 2.64. The van der Waals surface area contributed by atoms with Gasteiger partial charge in [-0.3, -0.25) is 4.42 Å². The first-order chi connectivity index (χ1) is 5.24. The van der Waals surface area contributed by atoms with Crippen LogP contribution in [-0.2, 0) is 0 Å². The van der Waals surface area contributed by atoms with Crippen LogP contribution in [0.2, 0.25) is 0 Å². The number of anilines is 1. The second kappa shape index (κ2) is 3.27. The van der Waals surface area contributed by atoms with Crippen molar-refractivity contribution in [3.05, 3.63) is 29.8 Å². The molecule has 0 aromatic heterocycles. The average molecular weight is 167 g/mol. The summed E-state index contributed by atoms with van der Waals surface area (Å²) in [5.74, 6) is 0. The van der Waals surface area contributed by atoms with Gasteiger partial charge in [-0.1, -0.05) is 0 Å². The molecule has 11 heavy (non-hydrogen) atoms. The van der Waals surface area contributed by atoms with E-state index in [1.807, 2.05) is 6.07 Å². The van der Waals surface area contributed by atoms with Crippen molar-refractivity contribution in [2.75, 3.05) is 11.5 Å². The summed E-state index contributed by atoms with van der Waals surface area (Å²) in [5.41, 5.74) is 1.53. The van der Waals surface area contributed by atoms with Gasteiger partial charge in [-0.05, 0) is 24.3 Å². The smallest absolute Gasteiger partial charge is 0.0991 e. The normalized spacial score (nSPS) is 8.82. The van der Waals surface area contributed by atoms with E-state index < -0.39 is 0 Å². The van der Waals surface area contributed by atoms with Gasteiger partial charge in [-0.15, -0.1) is 0 Å². The minimum absolute atomic E-state index is 0.646. The van der Waals surface area contributed by atoms with E-state index in [-0.39, 0.29) is 0 Å². The van der Waals surface area contributed by atoms with Gasteiger partial charge in [-0.2, -0.15) is 5.26 Å². The number of rotatable bonds is 1. The van der Waals surface area contributed by atoms with Crippen molar-refractivity contribution in [1.82, 2.24) is 0 Å². The molecular weight excluding hydrogens is 160 g/mol. The monoisotopic (exact) mass is 166 g/mol. The van der Waals surface area contributed by atoms with Gasteiger partial charge in [0.25, 0.3) is 0 Å². The highest BCUT2D eigenvalue weighted by Gasteiger charge is 1.95. The fourth-order valence-corrected chi connectivity index (χ4v) is 0.854. The Hall–Kier alpha value is -1.20.